The molecule has 0 aliphatic heterocycles. The fraction of sp³-hybridized carbons (Fsp3) is 0.318. The molecule has 3 rings (SSSR count). The second-order valence-electron chi connectivity index (χ2n) is 6.03. The monoisotopic (exact) mass is 350 g/mol. The minimum atomic E-state index is 0.651. The van der Waals surface area contributed by atoms with Crippen LogP contribution in [0.15, 0.2) is 67.0 Å². The minimum absolute atomic E-state index is 0.651. The molecule has 4 nitrogen and oxygen atoms in total. The lowest BCUT2D eigenvalue weighted by Gasteiger charge is -2.11. The summed E-state index contributed by atoms with van der Waals surface area (Å²) in [7, 11) is 0. The number of benzene rings is 2. The minimum Gasteiger partial charge on any atom is -0.379 e. The maximum atomic E-state index is 5.64. The molecule has 1 heterocycles. The molecule has 0 bridgehead atoms. The van der Waals surface area contributed by atoms with Gasteiger partial charge in [-0.2, -0.15) is 0 Å². The normalized spacial score (nSPS) is 11.0. The number of imidazole rings is 1. The van der Waals surface area contributed by atoms with Crippen LogP contribution in [-0.4, -0.2) is 36.0 Å². The van der Waals surface area contributed by atoms with E-state index in [2.05, 4.69) is 53.1 Å². The van der Waals surface area contributed by atoms with Crippen LogP contribution in [0.2, 0.25) is 0 Å². The highest BCUT2D eigenvalue weighted by molar-refractivity contribution is 5.78. The molecule has 136 valence electrons. The van der Waals surface area contributed by atoms with Crippen LogP contribution in [0.5, 0.6) is 0 Å². The number of hydrogen-bond acceptors (Lipinski definition) is 3. The number of nitrogens with zero attached hydrogens (tertiary/aromatic N) is 2. The van der Waals surface area contributed by atoms with E-state index >= 15 is 0 Å². The molecule has 0 spiro atoms. The molecule has 0 saturated heterocycles. The maximum absolute atomic E-state index is 5.64. The predicted molar refractivity (Wildman–Crippen MR) is 105 cm³/mol. The smallest absolute Gasteiger partial charge is 0.0963 e. The van der Waals surface area contributed by atoms with E-state index in [1.165, 1.54) is 5.56 Å². The zero-order valence-electron chi connectivity index (χ0n) is 15.3. The number of rotatable bonds is 10. The van der Waals surface area contributed by atoms with Gasteiger partial charge in [-0.1, -0.05) is 60.7 Å². The van der Waals surface area contributed by atoms with E-state index in [0.717, 1.165) is 43.1 Å². The van der Waals surface area contributed by atoms with Gasteiger partial charge in [0.15, 0.2) is 0 Å². The Kier molecular flexibility index (Phi) is 6.99. The van der Waals surface area contributed by atoms with Crippen molar-refractivity contribution < 1.29 is 9.47 Å². The van der Waals surface area contributed by atoms with Crippen molar-refractivity contribution >= 4 is 0 Å². The Bertz CT molecular complexity index is 769. The molecule has 3 aromatic rings. The van der Waals surface area contributed by atoms with Gasteiger partial charge in [-0.05, 0) is 13.3 Å². The largest absolute Gasteiger partial charge is 0.379 e. The van der Waals surface area contributed by atoms with Gasteiger partial charge in [0.25, 0.3) is 0 Å². The average molecular weight is 350 g/mol. The molecular formula is C22H26N2O2. The number of aryl methyl sites for hydroxylation is 1. The molecule has 0 saturated carbocycles. The van der Waals surface area contributed by atoms with E-state index in [0.29, 0.717) is 13.2 Å². The molecule has 1 aromatic heterocycles. The van der Waals surface area contributed by atoms with Crippen molar-refractivity contribution in [3.8, 4) is 22.5 Å². The van der Waals surface area contributed by atoms with Crippen LogP contribution >= 0.6 is 0 Å². The quantitative estimate of drug-likeness (QED) is 0.499. The summed E-state index contributed by atoms with van der Waals surface area (Å²) >= 11 is 0. The lowest BCUT2D eigenvalue weighted by Crippen LogP contribution is -2.07. The SMILES string of the molecule is CCOCCOCCCn1cnc(-c2ccccc2)c1-c1ccccc1. The van der Waals surface area contributed by atoms with E-state index < -0.39 is 0 Å². The van der Waals surface area contributed by atoms with E-state index in [1.54, 1.807) is 0 Å². The van der Waals surface area contributed by atoms with Crippen LogP contribution < -0.4 is 0 Å². The second-order valence-corrected chi connectivity index (χ2v) is 6.03. The third kappa shape index (κ3) is 4.81. The lowest BCUT2D eigenvalue weighted by molar-refractivity contribution is 0.0509. The Morgan fingerprint density at radius 2 is 1.46 bits per heavy atom. The third-order valence-electron chi connectivity index (χ3n) is 4.20. The summed E-state index contributed by atoms with van der Waals surface area (Å²) in [6.07, 6.45) is 2.88. The van der Waals surface area contributed by atoms with Crippen molar-refractivity contribution in [1.82, 2.24) is 9.55 Å². The first-order valence-corrected chi connectivity index (χ1v) is 9.21. The highest BCUT2D eigenvalue weighted by atomic mass is 16.5. The Labute approximate surface area is 155 Å². The number of ether oxygens (including phenoxy) is 2. The fourth-order valence-electron chi connectivity index (χ4n) is 2.96. The van der Waals surface area contributed by atoms with Crippen LogP contribution in [0.3, 0.4) is 0 Å². The molecule has 0 fully saturated rings. The first-order chi connectivity index (χ1) is 12.9. The highest BCUT2D eigenvalue weighted by Crippen LogP contribution is 2.31. The fourth-order valence-corrected chi connectivity index (χ4v) is 2.96. The molecule has 2 aromatic carbocycles. The zero-order valence-corrected chi connectivity index (χ0v) is 15.3. The van der Waals surface area contributed by atoms with Crippen LogP contribution in [0.25, 0.3) is 22.5 Å². The van der Waals surface area contributed by atoms with Gasteiger partial charge in [0.05, 0.1) is 30.9 Å². The standard InChI is InChI=1S/C22H26N2O2/c1-2-25-16-17-26-15-9-14-24-18-23-21(19-10-5-3-6-11-19)22(24)20-12-7-4-8-13-20/h3-8,10-13,18H,2,9,14-17H2,1H3. The summed E-state index contributed by atoms with van der Waals surface area (Å²) < 4.78 is 13.1. The van der Waals surface area contributed by atoms with Gasteiger partial charge in [0.1, 0.15) is 0 Å². The van der Waals surface area contributed by atoms with E-state index in [-0.39, 0.29) is 0 Å². The number of hydrogen-bond donors (Lipinski definition) is 0. The molecule has 0 radical (unpaired) electrons. The van der Waals surface area contributed by atoms with Crippen molar-refractivity contribution in [3.05, 3.63) is 67.0 Å². The first-order valence-electron chi connectivity index (χ1n) is 9.21. The maximum Gasteiger partial charge on any atom is 0.0963 e. The van der Waals surface area contributed by atoms with Gasteiger partial charge >= 0.3 is 0 Å². The van der Waals surface area contributed by atoms with Crippen LogP contribution in [0.1, 0.15) is 13.3 Å². The molecular weight excluding hydrogens is 324 g/mol. The van der Waals surface area contributed by atoms with Crippen molar-refractivity contribution in [1.29, 1.82) is 0 Å². The highest BCUT2D eigenvalue weighted by Gasteiger charge is 2.14. The van der Waals surface area contributed by atoms with E-state index in [9.17, 15) is 0 Å². The van der Waals surface area contributed by atoms with Gasteiger partial charge in [-0.15, -0.1) is 0 Å². The number of aromatic nitrogens is 2. The van der Waals surface area contributed by atoms with Gasteiger partial charge in [0.2, 0.25) is 0 Å². The summed E-state index contributed by atoms with van der Waals surface area (Å²) in [5.74, 6) is 0. The summed E-state index contributed by atoms with van der Waals surface area (Å²) in [5, 5.41) is 0. The Balaban J connectivity index is 1.73. The molecule has 4 heteroatoms. The van der Waals surface area contributed by atoms with Crippen molar-refractivity contribution in [2.75, 3.05) is 26.4 Å². The molecule has 0 atom stereocenters. The first kappa shape index (κ1) is 18.4. The lowest BCUT2D eigenvalue weighted by atomic mass is 10.0. The van der Waals surface area contributed by atoms with E-state index in [1.807, 2.05) is 25.4 Å². The Hall–Kier alpha value is -2.43. The molecule has 0 unspecified atom stereocenters. The Morgan fingerprint density at radius 3 is 2.15 bits per heavy atom. The van der Waals surface area contributed by atoms with Gasteiger partial charge in [0, 0.05) is 30.9 Å². The topological polar surface area (TPSA) is 36.3 Å². The summed E-state index contributed by atoms with van der Waals surface area (Å²) in [6.45, 7) is 5.64. The second kappa shape index (κ2) is 9.90. The van der Waals surface area contributed by atoms with Crippen LogP contribution in [0.4, 0.5) is 0 Å². The van der Waals surface area contributed by atoms with Gasteiger partial charge in [-0.3, -0.25) is 0 Å². The summed E-state index contributed by atoms with van der Waals surface area (Å²) in [4.78, 5) is 4.70. The van der Waals surface area contributed by atoms with Crippen molar-refractivity contribution in [3.63, 3.8) is 0 Å². The molecule has 0 amide bonds. The zero-order chi connectivity index (χ0) is 18.0. The summed E-state index contributed by atoms with van der Waals surface area (Å²) in [6, 6.07) is 20.8. The molecule has 0 N–H and O–H groups in total. The Morgan fingerprint density at radius 1 is 0.808 bits per heavy atom. The van der Waals surface area contributed by atoms with Gasteiger partial charge < -0.3 is 14.0 Å². The van der Waals surface area contributed by atoms with Crippen molar-refractivity contribution in [2.24, 2.45) is 0 Å². The van der Waals surface area contributed by atoms with Crippen LogP contribution in [-0.2, 0) is 16.0 Å². The molecule has 26 heavy (non-hydrogen) atoms. The molecule has 0 aliphatic rings. The third-order valence-corrected chi connectivity index (χ3v) is 4.20. The predicted octanol–water partition coefficient (Wildman–Crippen LogP) is 4.66. The van der Waals surface area contributed by atoms with Crippen molar-refractivity contribution in [2.45, 2.75) is 19.9 Å². The summed E-state index contributed by atoms with van der Waals surface area (Å²) in [5.41, 5.74) is 4.50. The van der Waals surface area contributed by atoms with Gasteiger partial charge in [-0.25, -0.2) is 4.98 Å². The molecule has 0 aliphatic carbocycles. The van der Waals surface area contributed by atoms with Crippen LogP contribution in [0, 0.1) is 0 Å². The average Bonchev–Trinajstić information content (AvgIpc) is 3.12. The van der Waals surface area contributed by atoms with E-state index in [4.69, 9.17) is 14.5 Å².